The van der Waals surface area contributed by atoms with Crippen molar-refractivity contribution in [3.63, 3.8) is 0 Å². The molecule has 0 bridgehead atoms. The molecule has 1 heterocycles. The Labute approximate surface area is 143 Å². The van der Waals surface area contributed by atoms with Gasteiger partial charge in [-0.3, -0.25) is 0 Å². The molecule has 2 aromatic carbocycles. The van der Waals surface area contributed by atoms with Gasteiger partial charge in [-0.25, -0.2) is 4.79 Å². The van der Waals surface area contributed by atoms with E-state index in [1.165, 1.54) is 35.5 Å². The maximum absolute atomic E-state index is 12.6. The van der Waals surface area contributed by atoms with Gasteiger partial charge >= 0.3 is 5.63 Å². The molecule has 0 saturated carbocycles. The molecule has 0 spiro atoms. The molecule has 7 heteroatoms. The first-order valence-electron chi connectivity index (χ1n) is 7.41. The second-order valence-electron chi connectivity index (χ2n) is 5.14. The fraction of sp³-hybridized carbons (Fsp3) is 0.278. The molecule has 1 aromatic heterocycles. The number of hydrogen-bond donors (Lipinski definition) is 0. The Bertz CT molecular complexity index is 1000. The molecule has 0 saturated heterocycles. The third-order valence-corrected chi connectivity index (χ3v) is 4.01. The zero-order chi connectivity index (χ0) is 18.1. The highest BCUT2D eigenvalue weighted by molar-refractivity contribution is 6.11. The minimum atomic E-state index is -0.548. The van der Waals surface area contributed by atoms with Gasteiger partial charge in [0.1, 0.15) is 0 Å². The maximum Gasteiger partial charge on any atom is 0.344 e. The first kappa shape index (κ1) is 16.8. The molecular weight excluding hydrogens is 328 g/mol. The van der Waals surface area contributed by atoms with Crippen LogP contribution in [0.4, 0.5) is 0 Å². The van der Waals surface area contributed by atoms with E-state index >= 15 is 0 Å². The van der Waals surface area contributed by atoms with Crippen LogP contribution >= 0.6 is 0 Å². The summed E-state index contributed by atoms with van der Waals surface area (Å²) in [4.78, 5) is 12.6. The number of methoxy groups -OCH3 is 5. The van der Waals surface area contributed by atoms with Crippen molar-refractivity contribution >= 4 is 21.7 Å². The number of fused-ring (bicyclic) bond motifs is 3. The summed E-state index contributed by atoms with van der Waals surface area (Å²) in [5, 5.41) is 1.49. The molecule has 0 N–H and O–H groups in total. The molecule has 0 atom stereocenters. The van der Waals surface area contributed by atoms with E-state index in [1.807, 2.05) is 0 Å². The van der Waals surface area contributed by atoms with Gasteiger partial charge in [0.15, 0.2) is 22.8 Å². The Morgan fingerprint density at radius 1 is 0.720 bits per heavy atom. The van der Waals surface area contributed by atoms with Crippen LogP contribution < -0.4 is 29.3 Å². The van der Waals surface area contributed by atoms with Crippen LogP contribution in [0.15, 0.2) is 27.4 Å². The molecule has 3 rings (SSSR count). The fourth-order valence-electron chi connectivity index (χ4n) is 2.93. The summed E-state index contributed by atoms with van der Waals surface area (Å²) < 4.78 is 32.4. The van der Waals surface area contributed by atoms with E-state index in [0.717, 1.165) is 0 Å². The monoisotopic (exact) mass is 346 g/mol. The molecule has 0 unspecified atom stereocenters. The van der Waals surface area contributed by atoms with Gasteiger partial charge in [-0.1, -0.05) is 0 Å². The normalized spacial score (nSPS) is 10.8. The van der Waals surface area contributed by atoms with Gasteiger partial charge in [0, 0.05) is 10.8 Å². The standard InChI is InChI=1S/C18H18O7/c1-20-11-7-6-9-13-10(18(19)25-14(9)15(11)22-3)8-12(21-2)16(23-4)17(13)24-5/h6-8H,1-5H3. The Kier molecular flexibility index (Phi) is 4.31. The summed E-state index contributed by atoms with van der Waals surface area (Å²) in [6.07, 6.45) is 0. The van der Waals surface area contributed by atoms with E-state index in [2.05, 4.69) is 0 Å². The quantitative estimate of drug-likeness (QED) is 0.519. The molecular formula is C18H18O7. The maximum atomic E-state index is 12.6. The lowest BCUT2D eigenvalue weighted by atomic mass is 10.0. The Balaban J connectivity index is 2.60. The highest BCUT2D eigenvalue weighted by atomic mass is 16.5. The van der Waals surface area contributed by atoms with Crippen LogP contribution in [0.2, 0.25) is 0 Å². The van der Waals surface area contributed by atoms with Crippen LogP contribution in [-0.4, -0.2) is 35.5 Å². The second-order valence-corrected chi connectivity index (χ2v) is 5.14. The van der Waals surface area contributed by atoms with Crippen molar-refractivity contribution in [2.75, 3.05) is 35.5 Å². The number of rotatable bonds is 5. The topological polar surface area (TPSA) is 76.4 Å². The molecule has 0 fully saturated rings. The lowest BCUT2D eigenvalue weighted by molar-refractivity contribution is 0.327. The summed E-state index contributed by atoms with van der Waals surface area (Å²) in [5.74, 6) is 1.92. The summed E-state index contributed by atoms with van der Waals surface area (Å²) in [6.45, 7) is 0. The average Bonchev–Trinajstić information content (AvgIpc) is 2.65. The molecule has 0 aliphatic carbocycles. The second kappa shape index (κ2) is 6.43. The van der Waals surface area contributed by atoms with Crippen LogP contribution in [0.25, 0.3) is 21.7 Å². The van der Waals surface area contributed by atoms with Gasteiger partial charge in [0.2, 0.25) is 11.5 Å². The van der Waals surface area contributed by atoms with Gasteiger partial charge in [-0.2, -0.15) is 0 Å². The molecule has 0 aliphatic rings. The largest absolute Gasteiger partial charge is 0.493 e. The summed E-state index contributed by atoms with van der Waals surface area (Å²) >= 11 is 0. The third-order valence-electron chi connectivity index (χ3n) is 4.01. The number of ether oxygens (including phenoxy) is 5. The van der Waals surface area contributed by atoms with Crippen LogP contribution in [0.3, 0.4) is 0 Å². The Morgan fingerprint density at radius 3 is 1.92 bits per heavy atom. The SMILES string of the molecule is COc1cc2c(=O)oc3c(OC)c(OC)ccc3c2c(OC)c1OC. The van der Waals surface area contributed by atoms with Gasteiger partial charge < -0.3 is 28.1 Å². The van der Waals surface area contributed by atoms with Crippen molar-refractivity contribution in [3.05, 3.63) is 28.6 Å². The molecule has 25 heavy (non-hydrogen) atoms. The molecule has 7 nitrogen and oxygen atoms in total. The van der Waals surface area contributed by atoms with E-state index in [-0.39, 0.29) is 5.58 Å². The van der Waals surface area contributed by atoms with E-state index in [0.29, 0.717) is 44.9 Å². The smallest absolute Gasteiger partial charge is 0.344 e. The minimum absolute atomic E-state index is 0.268. The first-order valence-corrected chi connectivity index (χ1v) is 7.41. The molecule has 0 radical (unpaired) electrons. The van der Waals surface area contributed by atoms with Gasteiger partial charge in [-0.15, -0.1) is 0 Å². The van der Waals surface area contributed by atoms with Crippen molar-refractivity contribution < 1.29 is 28.1 Å². The van der Waals surface area contributed by atoms with Gasteiger partial charge in [0.05, 0.1) is 40.9 Å². The molecule has 0 aliphatic heterocycles. The van der Waals surface area contributed by atoms with E-state index < -0.39 is 5.63 Å². The lowest BCUT2D eigenvalue weighted by Crippen LogP contribution is -2.05. The lowest BCUT2D eigenvalue weighted by Gasteiger charge is -2.16. The third kappa shape index (κ3) is 2.39. The van der Waals surface area contributed by atoms with E-state index in [1.54, 1.807) is 18.2 Å². The Hall–Kier alpha value is -3.09. The minimum Gasteiger partial charge on any atom is -0.493 e. The fourth-order valence-corrected chi connectivity index (χ4v) is 2.93. The highest BCUT2D eigenvalue weighted by Crippen LogP contribution is 2.47. The van der Waals surface area contributed by atoms with E-state index in [4.69, 9.17) is 28.1 Å². The van der Waals surface area contributed by atoms with Gasteiger partial charge in [0.25, 0.3) is 0 Å². The van der Waals surface area contributed by atoms with Crippen LogP contribution in [0.5, 0.6) is 28.7 Å². The predicted molar refractivity (Wildman–Crippen MR) is 92.8 cm³/mol. The zero-order valence-corrected chi connectivity index (χ0v) is 14.6. The summed E-state index contributed by atoms with van der Waals surface area (Å²) in [5.41, 5.74) is -0.279. The van der Waals surface area contributed by atoms with Crippen LogP contribution in [0, 0.1) is 0 Å². The van der Waals surface area contributed by atoms with Crippen molar-refractivity contribution in [3.8, 4) is 28.7 Å². The average molecular weight is 346 g/mol. The van der Waals surface area contributed by atoms with Gasteiger partial charge in [-0.05, 0) is 18.2 Å². The zero-order valence-electron chi connectivity index (χ0n) is 14.6. The first-order chi connectivity index (χ1) is 12.1. The molecule has 0 amide bonds. The number of benzene rings is 2. The van der Waals surface area contributed by atoms with E-state index in [9.17, 15) is 4.79 Å². The molecule has 132 valence electrons. The van der Waals surface area contributed by atoms with Crippen LogP contribution in [-0.2, 0) is 0 Å². The highest BCUT2D eigenvalue weighted by Gasteiger charge is 2.23. The van der Waals surface area contributed by atoms with Crippen molar-refractivity contribution in [2.45, 2.75) is 0 Å². The molecule has 3 aromatic rings. The number of hydrogen-bond acceptors (Lipinski definition) is 7. The summed E-state index contributed by atoms with van der Waals surface area (Å²) in [6, 6.07) is 5.08. The Morgan fingerprint density at radius 2 is 1.36 bits per heavy atom. The van der Waals surface area contributed by atoms with Crippen LogP contribution in [0.1, 0.15) is 0 Å². The van der Waals surface area contributed by atoms with Crippen molar-refractivity contribution in [1.82, 2.24) is 0 Å². The summed E-state index contributed by atoms with van der Waals surface area (Å²) in [7, 11) is 7.48. The predicted octanol–water partition coefficient (Wildman–Crippen LogP) is 2.99. The van der Waals surface area contributed by atoms with Crippen molar-refractivity contribution in [1.29, 1.82) is 0 Å². The van der Waals surface area contributed by atoms with Crippen molar-refractivity contribution in [2.24, 2.45) is 0 Å².